The molecule has 1 heterocycles. The van der Waals surface area contributed by atoms with Gasteiger partial charge in [-0.2, -0.15) is 0 Å². The summed E-state index contributed by atoms with van der Waals surface area (Å²) in [7, 11) is 0. The van der Waals surface area contributed by atoms with Gasteiger partial charge < -0.3 is 15.0 Å². The van der Waals surface area contributed by atoms with E-state index in [0.29, 0.717) is 36.0 Å². The molecule has 4 aromatic rings. The number of nitrogens with one attached hydrogen (secondary N) is 1. The molecule has 1 saturated heterocycles. The third kappa shape index (κ3) is 5.50. The van der Waals surface area contributed by atoms with Crippen LogP contribution in [0.2, 0.25) is 5.02 Å². The molecule has 1 atom stereocenters. The van der Waals surface area contributed by atoms with Crippen molar-refractivity contribution in [2.45, 2.75) is 11.9 Å². The number of amides is 2. The van der Waals surface area contributed by atoms with Crippen molar-refractivity contribution >= 4 is 45.9 Å². The molecule has 1 fully saturated rings. The molecule has 1 unspecified atom stereocenters. The minimum absolute atomic E-state index is 0.0839. The molecule has 1 aliphatic heterocycles. The number of rotatable bonds is 8. The number of carbonyl (C=O) groups excluding carboxylic acids is 2. The molecule has 7 heteroatoms. The number of carbonyl (C=O) groups is 2. The molecule has 36 heavy (non-hydrogen) atoms. The number of thioether (sulfide) groups is 1. The fourth-order valence-corrected chi connectivity index (χ4v) is 5.55. The lowest BCUT2D eigenvalue weighted by Gasteiger charge is -2.24. The fraction of sp³-hybridized carbons (Fsp3) is 0.172. The first kappa shape index (κ1) is 24.2. The van der Waals surface area contributed by atoms with Gasteiger partial charge in [0.15, 0.2) is 0 Å². The molecular weight excluding hydrogens is 492 g/mol. The van der Waals surface area contributed by atoms with Gasteiger partial charge in [0, 0.05) is 22.5 Å². The zero-order valence-corrected chi connectivity index (χ0v) is 21.1. The third-order valence-electron chi connectivity index (χ3n) is 6.09. The van der Waals surface area contributed by atoms with E-state index < -0.39 is 0 Å². The van der Waals surface area contributed by atoms with Crippen molar-refractivity contribution in [3.05, 3.63) is 113 Å². The standard InChI is InChI=1S/C29H25ClN2O3S/c30-24-14-8-20(9-15-24)18-32-27(33)19-36-29(32)23-12-10-22(11-13-23)28(34)31-16-17-35-26-7-3-5-21-4-1-2-6-25(21)26/h1-15,29H,16-19H2,(H,31,34). The molecule has 0 aliphatic carbocycles. The van der Waals surface area contributed by atoms with Crippen molar-refractivity contribution in [3.63, 3.8) is 0 Å². The molecule has 0 spiro atoms. The third-order valence-corrected chi connectivity index (χ3v) is 7.60. The van der Waals surface area contributed by atoms with Gasteiger partial charge in [0.2, 0.25) is 5.91 Å². The van der Waals surface area contributed by atoms with Crippen LogP contribution >= 0.6 is 23.4 Å². The highest BCUT2D eigenvalue weighted by molar-refractivity contribution is 8.00. The normalized spacial score (nSPS) is 15.3. The van der Waals surface area contributed by atoms with E-state index in [1.807, 2.05) is 83.8 Å². The molecule has 0 bridgehead atoms. The number of halogens is 1. The Morgan fingerprint density at radius 3 is 2.53 bits per heavy atom. The minimum atomic E-state index is -0.156. The molecule has 0 aromatic heterocycles. The zero-order valence-electron chi connectivity index (χ0n) is 19.5. The second-order valence-electron chi connectivity index (χ2n) is 8.52. The summed E-state index contributed by atoms with van der Waals surface area (Å²) >= 11 is 7.58. The Morgan fingerprint density at radius 1 is 0.972 bits per heavy atom. The first-order valence-corrected chi connectivity index (χ1v) is 13.2. The molecule has 0 radical (unpaired) electrons. The van der Waals surface area contributed by atoms with E-state index >= 15 is 0 Å². The zero-order chi connectivity index (χ0) is 24.9. The number of hydrogen-bond donors (Lipinski definition) is 1. The van der Waals surface area contributed by atoms with E-state index in [4.69, 9.17) is 16.3 Å². The number of benzene rings is 4. The Bertz CT molecular complexity index is 1370. The van der Waals surface area contributed by atoms with Crippen LogP contribution in [-0.2, 0) is 11.3 Å². The topological polar surface area (TPSA) is 58.6 Å². The Labute approximate surface area is 219 Å². The van der Waals surface area contributed by atoms with Crippen molar-refractivity contribution in [3.8, 4) is 5.75 Å². The largest absolute Gasteiger partial charge is 0.491 e. The van der Waals surface area contributed by atoms with Crippen LogP contribution in [0.25, 0.3) is 10.8 Å². The summed E-state index contributed by atoms with van der Waals surface area (Å²) < 4.78 is 5.91. The van der Waals surface area contributed by atoms with E-state index in [9.17, 15) is 9.59 Å². The Balaban J connectivity index is 1.16. The predicted molar refractivity (Wildman–Crippen MR) is 145 cm³/mol. The van der Waals surface area contributed by atoms with Gasteiger partial charge in [0.05, 0.1) is 12.3 Å². The molecule has 1 aliphatic rings. The molecule has 5 rings (SSSR count). The number of fused-ring (bicyclic) bond motifs is 1. The summed E-state index contributed by atoms with van der Waals surface area (Å²) in [6.45, 7) is 1.29. The lowest BCUT2D eigenvalue weighted by Crippen LogP contribution is -2.28. The summed E-state index contributed by atoms with van der Waals surface area (Å²) in [5, 5.41) is 5.67. The van der Waals surface area contributed by atoms with Crippen LogP contribution in [-0.4, -0.2) is 35.6 Å². The molecule has 2 amide bonds. The summed E-state index contributed by atoms with van der Waals surface area (Å²) in [6, 6.07) is 29.0. The lowest BCUT2D eigenvalue weighted by atomic mass is 10.1. The smallest absolute Gasteiger partial charge is 0.251 e. The van der Waals surface area contributed by atoms with Gasteiger partial charge in [-0.25, -0.2) is 0 Å². The highest BCUT2D eigenvalue weighted by atomic mass is 35.5. The predicted octanol–water partition coefficient (Wildman–Crippen LogP) is 6.08. The second kappa shape index (κ2) is 11.1. The highest BCUT2D eigenvalue weighted by Gasteiger charge is 2.32. The minimum Gasteiger partial charge on any atom is -0.491 e. The van der Waals surface area contributed by atoms with E-state index in [0.717, 1.165) is 27.6 Å². The van der Waals surface area contributed by atoms with E-state index in [-0.39, 0.29) is 17.2 Å². The van der Waals surface area contributed by atoms with E-state index in [1.165, 1.54) is 0 Å². The molecular formula is C29H25ClN2O3S. The van der Waals surface area contributed by atoms with Crippen molar-refractivity contribution in [1.29, 1.82) is 0 Å². The molecule has 4 aromatic carbocycles. The SMILES string of the molecule is O=C(NCCOc1cccc2ccccc12)c1ccc(C2SCC(=O)N2Cc2ccc(Cl)cc2)cc1. The van der Waals surface area contributed by atoms with Crippen LogP contribution < -0.4 is 10.1 Å². The monoisotopic (exact) mass is 516 g/mol. The summed E-state index contributed by atoms with van der Waals surface area (Å²) in [6.07, 6.45) is 0. The first-order valence-electron chi connectivity index (χ1n) is 11.7. The van der Waals surface area contributed by atoms with E-state index in [1.54, 1.807) is 23.9 Å². The van der Waals surface area contributed by atoms with Crippen LogP contribution in [0.5, 0.6) is 5.75 Å². The van der Waals surface area contributed by atoms with Gasteiger partial charge in [-0.1, -0.05) is 72.3 Å². The van der Waals surface area contributed by atoms with Crippen molar-refractivity contribution in [2.24, 2.45) is 0 Å². The molecule has 1 N–H and O–H groups in total. The highest BCUT2D eigenvalue weighted by Crippen LogP contribution is 2.39. The summed E-state index contributed by atoms with van der Waals surface area (Å²) in [4.78, 5) is 27.0. The van der Waals surface area contributed by atoms with Crippen LogP contribution in [0.4, 0.5) is 0 Å². The summed E-state index contributed by atoms with van der Waals surface area (Å²) in [5.41, 5.74) is 2.60. The Hall–Kier alpha value is -3.48. The van der Waals surface area contributed by atoms with Gasteiger partial charge in [0.25, 0.3) is 5.91 Å². The van der Waals surface area contributed by atoms with Gasteiger partial charge in [-0.15, -0.1) is 11.8 Å². The van der Waals surface area contributed by atoms with Gasteiger partial charge in [0.1, 0.15) is 17.7 Å². The maximum absolute atomic E-state index is 12.6. The molecule has 182 valence electrons. The van der Waals surface area contributed by atoms with Crippen molar-refractivity contribution in [2.75, 3.05) is 18.9 Å². The van der Waals surface area contributed by atoms with Crippen LogP contribution in [0.3, 0.4) is 0 Å². The molecule has 0 saturated carbocycles. The maximum atomic E-state index is 12.6. The Kier molecular flexibility index (Phi) is 7.44. The van der Waals surface area contributed by atoms with Crippen LogP contribution in [0, 0.1) is 0 Å². The number of hydrogen-bond acceptors (Lipinski definition) is 4. The van der Waals surface area contributed by atoms with Crippen molar-refractivity contribution < 1.29 is 14.3 Å². The summed E-state index contributed by atoms with van der Waals surface area (Å²) in [5.74, 6) is 1.19. The van der Waals surface area contributed by atoms with Crippen molar-refractivity contribution in [1.82, 2.24) is 10.2 Å². The fourth-order valence-electron chi connectivity index (χ4n) is 4.24. The van der Waals surface area contributed by atoms with E-state index in [2.05, 4.69) is 5.32 Å². The lowest BCUT2D eigenvalue weighted by molar-refractivity contribution is -0.128. The quantitative estimate of drug-likeness (QED) is 0.288. The second-order valence-corrected chi connectivity index (χ2v) is 10.0. The maximum Gasteiger partial charge on any atom is 0.251 e. The average molecular weight is 517 g/mol. The van der Waals surface area contributed by atoms with Gasteiger partial charge >= 0.3 is 0 Å². The number of nitrogens with zero attached hydrogens (tertiary/aromatic N) is 1. The van der Waals surface area contributed by atoms with Crippen LogP contribution in [0.15, 0.2) is 91.0 Å². The van der Waals surface area contributed by atoms with Gasteiger partial charge in [-0.3, -0.25) is 9.59 Å². The average Bonchev–Trinajstić information content (AvgIpc) is 3.27. The van der Waals surface area contributed by atoms with Crippen LogP contribution in [0.1, 0.15) is 26.9 Å². The Morgan fingerprint density at radius 2 is 1.72 bits per heavy atom. The van der Waals surface area contributed by atoms with Gasteiger partial charge in [-0.05, 0) is 46.8 Å². The first-order chi connectivity index (χ1) is 17.6. The molecule has 5 nitrogen and oxygen atoms in total. The number of ether oxygens (including phenoxy) is 1.